The van der Waals surface area contributed by atoms with Crippen molar-refractivity contribution in [3.63, 3.8) is 0 Å². The summed E-state index contributed by atoms with van der Waals surface area (Å²) in [6.45, 7) is 12.4. The lowest BCUT2D eigenvalue weighted by atomic mass is 9.90. The van der Waals surface area contributed by atoms with Crippen molar-refractivity contribution >= 4 is 5.91 Å². The summed E-state index contributed by atoms with van der Waals surface area (Å²) in [7, 11) is 0. The molecule has 2 rings (SSSR count). The number of carbonyl (C=O) groups excluding carboxylic acids is 1. The number of imidazole rings is 1. The molecule has 22 heavy (non-hydrogen) atoms. The standard InChI is InChI=1S/C16H25N5O/c1-11(2)16(5,10-17)19-15(22)9-20-6-7-21-13(4)12(3)18-14(21)8-20/h11H,6-9H2,1-5H3,(H,19,22)/t16-/m0/s1. The van der Waals surface area contributed by atoms with E-state index in [1.807, 2.05) is 20.8 Å². The minimum absolute atomic E-state index is 0.0620. The van der Waals surface area contributed by atoms with Gasteiger partial charge in [-0.2, -0.15) is 5.26 Å². The fourth-order valence-electron chi connectivity index (χ4n) is 2.63. The van der Waals surface area contributed by atoms with Crippen LogP contribution in [0.3, 0.4) is 0 Å². The van der Waals surface area contributed by atoms with Gasteiger partial charge < -0.3 is 9.88 Å². The zero-order valence-electron chi connectivity index (χ0n) is 14.1. The lowest BCUT2D eigenvalue weighted by molar-refractivity contribution is -0.124. The van der Waals surface area contributed by atoms with Crippen LogP contribution in [0.5, 0.6) is 0 Å². The number of hydrogen-bond acceptors (Lipinski definition) is 4. The Bertz CT molecular complexity index is 613. The van der Waals surface area contributed by atoms with Crippen LogP contribution in [-0.4, -0.2) is 39.0 Å². The van der Waals surface area contributed by atoms with Gasteiger partial charge in [0.05, 0.1) is 24.9 Å². The summed E-state index contributed by atoms with van der Waals surface area (Å²) in [6, 6.07) is 2.21. The molecule has 6 nitrogen and oxygen atoms in total. The molecule has 0 saturated carbocycles. The Morgan fingerprint density at radius 1 is 1.45 bits per heavy atom. The predicted octanol–water partition coefficient (Wildman–Crippen LogP) is 1.37. The minimum atomic E-state index is -0.821. The number of rotatable bonds is 4. The first-order chi connectivity index (χ1) is 10.3. The second kappa shape index (κ2) is 6.09. The highest BCUT2D eigenvalue weighted by Gasteiger charge is 2.31. The van der Waals surface area contributed by atoms with E-state index >= 15 is 0 Å². The normalized spacial score (nSPS) is 17.7. The van der Waals surface area contributed by atoms with Gasteiger partial charge in [-0.3, -0.25) is 9.69 Å². The summed E-state index contributed by atoms with van der Waals surface area (Å²) in [5.74, 6) is 0.971. The molecule has 1 aliphatic rings. The number of aromatic nitrogens is 2. The zero-order chi connectivity index (χ0) is 16.5. The minimum Gasteiger partial charge on any atom is -0.337 e. The maximum absolute atomic E-state index is 12.2. The average molecular weight is 303 g/mol. The van der Waals surface area contributed by atoms with Gasteiger partial charge in [0.15, 0.2) is 0 Å². The van der Waals surface area contributed by atoms with Crippen LogP contribution in [0.1, 0.15) is 38.0 Å². The smallest absolute Gasteiger partial charge is 0.235 e. The van der Waals surface area contributed by atoms with Gasteiger partial charge in [0.1, 0.15) is 11.4 Å². The van der Waals surface area contributed by atoms with Gasteiger partial charge >= 0.3 is 0 Å². The van der Waals surface area contributed by atoms with Gasteiger partial charge in [0.25, 0.3) is 0 Å². The van der Waals surface area contributed by atoms with E-state index in [0.717, 1.165) is 24.6 Å². The highest BCUT2D eigenvalue weighted by Crippen LogP contribution is 2.18. The number of nitrogens with one attached hydrogen (secondary N) is 1. The van der Waals surface area contributed by atoms with Crippen LogP contribution in [0, 0.1) is 31.1 Å². The molecule has 0 aliphatic carbocycles. The van der Waals surface area contributed by atoms with Gasteiger partial charge in [0, 0.05) is 18.8 Å². The van der Waals surface area contributed by atoms with Crippen LogP contribution in [0.15, 0.2) is 0 Å². The largest absolute Gasteiger partial charge is 0.337 e. The molecule has 0 spiro atoms. The average Bonchev–Trinajstić information content (AvgIpc) is 2.73. The monoisotopic (exact) mass is 303 g/mol. The van der Waals surface area contributed by atoms with Crippen molar-refractivity contribution in [1.29, 1.82) is 5.26 Å². The van der Waals surface area contributed by atoms with E-state index in [4.69, 9.17) is 0 Å². The van der Waals surface area contributed by atoms with Crippen LogP contribution >= 0.6 is 0 Å². The van der Waals surface area contributed by atoms with Crippen LogP contribution in [0.4, 0.5) is 0 Å². The Kier molecular flexibility index (Phi) is 4.57. The van der Waals surface area contributed by atoms with E-state index in [-0.39, 0.29) is 11.8 Å². The lowest BCUT2D eigenvalue weighted by Gasteiger charge is -2.31. The van der Waals surface area contributed by atoms with Gasteiger partial charge in [-0.15, -0.1) is 0 Å². The molecule has 1 N–H and O–H groups in total. The molecular formula is C16H25N5O. The van der Waals surface area contributed by atoms with Gasteiger partial charge in [-0.25, -0.2) is 4.98 Å². The van der Waals surface area contributed by atoms with E-state index in [1.165, 1.54) is 5.69 Å². The molecule has 1 aromatic rings. The Morgan fingerprint density at radius 2 is 2.14 bits per heavy atom. The van der Waals surface area contributed by atoms with Crippen molar-refractivity contribution in [2.45, 2.75) is 53.2 Å². The number of amides is 1. The molecule has 0 fully saturated rings. The van der Waals surface area contributed by atoms with E-state index < -0.39 is 5.54 Å². The maximum Gasteiger partial charge on any atom is 0.235 e. The fourth-order valence-corrected chi connectivity index (χ4v) is 2.63. The number of fused-ring (bicyclic) bond motifs is 1. The molecule has 2 heterocycles. The third-order valence-electron chi connectivity index (χ3n) is 4.69. The summed E-state index contributed by atoms with van der Waals surface area (Å²) in [6.07, 6.45) is 0. The molecule has 0 aromatic carbocycles. The molecule has 1 aromatic heterocycles. The summed E-state index contributed by atoms with van der Waals surface area (Å²) < 4.78 is 2.22. The van der Waals surface area contributed by atoms with Crippen molar-refractivity contribution < 1.29 is 4.79 Å². The van der Waals surface area contributed by atoms with Crippen molar-refractivity contribution in [2.75, 3.05) is 13.1 Å². The van der Waals surface area contributed by atoms with Crippen molar-refractivity contribution in [1.82, 2.24) is 19.8 Å². The molecule has 0 bridgehead atoms. The maximum atomic E-state index is 12.2. The third kappa shape index (κ3) is 3.14. The van der Waals surface area contributed by atoms with E-state index in [0.29, 0.717) is 13.1 Å². The van der Waals surface area contributed by atoms with Crippen molar-refractivity contribution in [3.05, 3.63) is 17.2 Å². The molecule has 120 valence electrons. The number of aryl methyl sites for hydroxylation is 1. The first kappa shape index (κ1) is 16.5. The topological polar surface area (TPSA) is 74.0 Å². The van der Waals surface area contributed by atoms with E-state index in [2.05, 4.69) is 32.8 Å². The Morgan fingerprint density at radius 3 is 2.73 bits per heavy atom. The first-order valence-corrected chi connectivity index (χ1v) is 7.74. The van der Waals surface area contributed by atoms with Gasteiger partial charge in [-0.1, -0.05) is 13.8 Å². The van der Waals surface area contributed by atoms with Crippen LogP contribution in [0.25, 0.3) is 0 Å². The Balaban J connectivity index is 1.98. The van der Waals surface area contributed by atoms with Gasteiger partial charge in [0.2, 0.25) is 5.91 Å². The summed E-state index contributed by atoms with van der Waals surface area (Å²) >= 11 is 0. The molecule has 1 aliphatic heterocycles. The molecule has 0 radical (unpaired) electrons. The number of hydrogen-bond donors (Lipinski definition) is 1. The molecular weight excluding hydrogens is 278 g/mol. The zero-order valence-corrected chi connectivity index (χ0v) is 14.1. The van der Waals surface area contributed by atoms with Crippen LogP contribution in [-0.2, 0) is 17.9 Å². The van der Waals surface area contributed by atoms with E-state index in [1.54, 1.807) is 6.92 Å². The summed E-state index contributed by atoms with van der Waals surface area (Å²) in [5.41, 5.74) is 1.44. The Hall–Kier alpha value is -1.87. The lowest BCUT2D eigenvalue weighted by Crippen LogP contribution is -2.52. The van der Waals surface area contributed by atoms with Crippen molar-refractivity contribution in [3.8, 4) is 6.07 Å². The first-order valence-electron chi connectivity index (χ1n) is 7.74. The number of nitrogens with zero attached hydrogens (tertiary/aromatic N) is 4. The van der Waals surface area contributed by atoms with E-state index in [9.17, 15) is 10.1 Å². The van der Waals surface area contributed by atoms with Crippen molar-refractivity contribution in [2.24, 2.45) is 5.92 Å². The quantitative estimate of drug-likeness (QED) is 0.911. The van der Waals surface area contributed by atoms with Crippen LogP contribution in [0.2, 0.25) is 0 Å². The summed E-state index contributed by atoms with van der Waals surface area (Å²) in [5, 5.41) is 12.1. The number of nitriles is 1. The second-order valence-electron chi connectivity index (χ2n) is 6.58. The van der Waals surface area contributed by atoms with Gasteiger partial charge in [-0.05, 0) is 26.7 Å². The number of carbonyl (C=O) groups is 1. The third-order valence-corrected chi connectivity index (χ3v) is 4.69. The highest BCUT2D eigenvalue weighted by atomic mass is 16.2. The molecule has 0 saturated heterocycles. The fraction of sp³-hybridized carbons (Fsp3) is 0.688. The van der Waals surface area contributed by atoms with Crippen LogP contribution < -0.4 is 5.32 Å². The molecule has 1 atom stereocenters. The second-order valence-corrected chi connectivity index (χ2v) is 6.58. The molecule has 1 amide bonds. The highest BCUT2D eigenvalue weighted by molar-refractivity contribution is 5.79. The molecule has 6 heteroatoms. The SMILES string of the molecule is Cc1nc2n(c1C)CCN(CC(=O)N[C@@](C)(C#N)C(C)C)C2. The Labute approximate surface area is 132 Å². The molecule has 0 unspecified atom stereocenters. The predicted molar refractivity (Wildman–Crippen MR) is 84.0 cm³/mol. The summed E-state index contributed by atoms with van der Waals surface area (Å²) in [4.78, 5) is 18.9.